The van der Waals surface area contributed by atoms with E-state index in [0.29, 0.717) is 11.5 Å². The molecule has 0 spiro atoms. The minimum atomic E-state index is 0.00672. The van der Waals surface area contributed by atoms with E-state index in [2.05, 4.69) is 31.4 Å². The first kappa shape index (κ1) is 23.6. The van der Waals surface area contributed by atoms with Gasteiger partial charge in [-0.25, -0.2) is 0 Å². The molecule has 0 heterocycles. The standard InChI is InChI=1S/C23H38N2OS/c1-4-5-6-7-8-9-10-11-12-13-14-15-22(26)25-23(27)24-21-17-16-19(2)20(3)18-21/h16-18H,4-15H2,1-3H3,(H2,24,25,26,27). The first-order chi connectivity index (χ1) is 13.0. The molecular weight excluding hydrogens is 352 g/mol. The van der Waals surface area contributed by atoms with Crippen LogP contribution in [0.15, 0.2) is 18.2 Å². The van der Waals surface area contributed by atoms with Crippen LogP contribution < -0.4 is 10.6 Å². The molecule has 2 N–H and O–H groups in total. The zero-order chi connectivity index (χ0) is 19.9. The van der Waals surface area contributed by atoms with Crippen LogP contribution in [0, 0.1) is 13.8 Å². The quantitative estimate of drug-likeness (QED) is 0.287. The number of anilines is 1. The maximum Gasteiger partial charge on any atom is 0.226 e. The summed E-state index contributed by atoms with van der Waals surface area (Å²) in [6.07, 6.45) is 14.7. The third kappa shape index (κ3) is 11.8. The lowest BCUT2D eigenvalue weighted by Crippen LogP contribution is -2.33. The van der Waals surface area contributed by atoms with Crippen molar-refractivity contribution in [2.45, 2.75) is 97.8 Å². The van der Waals surface area contributed by atoms with E-state index in [-0.39, 0.29) is 5.91 Å². The molecule has 1 amide bonds. The lowest BCUT2D eigenvalue weighted by Gasteiger charge is -2.11. The Hall–Kier alpha value is -1.42. The first-order valence-electron chi connectivity index (χ1n) is 10.7. The van der Waals surface area contributed by atoms with Gasteiger partial charge in [0.25, 0.3) is 0 Å². The lowest BCUT2D eigenvalue weighted by atomic mass is 10.1. The molecule has 0 aliphatic heterocycles. The van der Waals surface area contributed by atoms with Gasteiger partial charge < -0.3 is 10.6 Å². The number of hydrogen-bond donors (Lipinski definition) is 2. The van der Waals surface area contributed by atoms with Gasteiger partial charge in [-0.1, -0.05) is 77.2 Å². The molecule has 0 saturated carbocycles. The zero-order valence-electron chi connectivity index (χ0n) is 17.5. The molecule has 1 rings (SSSR count). The van der Waals surface area contributed by atoms with E-state index >= 15 is 0 Å². The van der Waals surface area contributed by atoms with Gasteiger partial charge >= 0.3 is 0 Å². The molecule has 0 unspecified atom stereocenters. The Labute approximate surface area is 171 Å². The molecule has 0 aliphatic carbocycles. The Kier molecular flexibility index (Phi) is 12.8. The van der Waals surface area contributed by atoms with Gasteiger partial charge in [-0.05, 0) is 55.7 Å². The summed E-state index contributed by atoms with van der Waals surface area (Å²) >= 11 is 5.23. The third-order valence-corrected chi connectivity index (χ3v) is 5.23. The molecule has 0 aliphatic rings. The molecule has 0 fully saturated rings. The summed E-state index contributed by atoms with van der Waals surface area (Å²) in [5.74, 6) is 0.00672. The number of carbonyl (C=O) groups is 1. The second-order valence-electron chi connectivity index (χ2n) is 7.59. The molecule has 27 heavy (non-hydrogen) atoms. The van der Waals surface area contributed by atoms with Gasteiger partial charge in [-0.15, -0.1) is 0 Å². The predicted octanol–water partition coefficient (Wildman–Crippen LogP) is 6.82. The number of nitrogens with one attached hydrogen (secondary N) is 2. The number of benzene rings is 1. The average molecular weight is 391 g/mol. The van der Waals surface area contributed by atoms with E-state index in [1.807, 2.05) is 18.2 Å². The van der Waals surface area contributed by atoms with Gasteiger partial charge in [-0.3, -0.25) is 4.79 Å². The molecule has 152 valence electrons. The number of hydrogen-bond acceptors (Lipinski definition) is 2. The minimum absolute atomic E-state index is 0.00672. The van der Waals surface area contributed by atoms with Crippen LogP contribution >= 0.6 is 12.2 Å². The van der Waals surface area contributed by atoms with E-state index in [1.54, 1.807) is 0 Å². The number of aryl methyl sites for hydroxylation is 2. The number of unbranched alkanes of at least 4 members (excludes halogenated alkanes) is 10. The highest BCUT2D eigenvalue weighted by molar-refractivity contribution is 7.80. The van der Waals surface area contributed by atoms with Gasteiger partial charge in [0, 0.05) is 12.1 Å². The average Bonchev–Trinajstić information content (AvgIpc) is 2.62. The summed E-state index contributed by atoms with van der Waals surface area (Å²) in [4.78, 5) is 12.0. The minimum Gasteiger partial charge on any atom is -0.332 e. The number of thiocarbonyl (C=S) groups is 1. The van der Waals surface area contributed by atoms with Gasteiger partial charge in [0.1, 0.15) is 0 Å². The number of amides is 1. The summed E-state index contributed by atoms with van der Waals surface area (Å²) in [6.45, 7) is 6.40. The van der Waals surface area contributed by atoms with Crippen LogP contribution in [0.3, 0.4) is 0 Å². The van der Waals surface area contributed by atoms with Crippen LogP contribution in [0.5, 0.6) is 0 Å². The summed E-state index contributed by atoms with van der Waals surface area (Å²) in [5.41, 5.74) is 3.36. The maximum absolute atomic E-state index is 12.0. The lowest BCUT2D eigenvalue weighted by molar-refractivity contribution is -0.119. The Morgan fingerprint density at radius 2 is 1.41 bits per heavy atom. The van der Waals surface area contributed by atoms with E-state index < -0.39 is 0 Å². The van der Waals surface area contributed by atoms with Crippen LogP contribution in [-0.4, -0.2) is 11.0 Å². The summed E-state index contributed by atoms with van der Waals surface area (Å²) in [7, 11) is 0. The monoisotopic (exact) mass is 390 g/mol. The van der Waals surface area contributed by atoms with Gasteiger partial charge in [-0.2, -0.15) is 0 Å². The van der Waals surface area contributed by atoms with Crippen molar-refractivity contribution in [1.29, 1.82) is 0 Å². The SMILES string of the molecule is CCCCCCCCCCCCCC(=O)NC(=S)Nc1ccc(C)c(C)c1. The highest BCUT2D eigenvalue weighted by Crippen LogP contribution is 2.14. The summed E-state index contributed by atoms with van der Waals surface area (Å²) in [5, 5.41) is 6.24. The predicted molar refractivity (Wildman–Crippen MR) is 121 cm³/mol. The van der Waals surface area contributed by atoms with Crippen LogP contribution in [0.1, 0.15) is 95.1 Å². The fraction of sp³-hybridized carbons (Fsp3) is 0.652. The maximum atomic E-state index is 12.0. The van der Waals surface area contributed by atoms with E-state index in [0.717, 1.165) is 18.5 Å². The van der Waals surface area contributed by atoms with Crippen molar-refractivity contribution < 1.29 is 4.79 Å². The Morgan fingerprint density at radius 1 is 0.852 bits per heavy atom. The van der Waals surface area contributed by atoms with Crippen molar-refractivity contribution >= 4 is 28.9 Å². The molecular formula is C23H38N2OS. The normalized spacial score (nSPS) is 10.6. The second kappa shape index (κ2) is 14.6. The highest BCUT2D eigenvalue weighted by Gasteiger charge is 2.05. The molecule has 0 saturated heterocycles. The zero-order valence-corrected chi connectivity index (χ0v) is 18.4. The molecule has 0 radical (unpaired) electrons. The molecule has 1 aromatic rings. The van der Waals surface area contributed by atoms with E-state index in [4.69, 9.17) is 12.2 Å². The van der Waals surface area contributed by atoms with Crippen LogP contribution in [0.2, 0.25) is 0 Å². The van der Waals surface area contributed by atoms with E-state index in [1.165, 1.54) is 68.9 Å². The smallest absolute Gasteiger partial charge is 0.226 e. The Balaban J connectivity index is 2.02. The topological polar surface area (TPSA) is 41.1 Å². The number of carbonyl (C=O) groups excluding carboxylic acids is 1. The summed E-state index contributed by atoms with van der Waals surface area (Å²) < 4.78 is 0. The third-order valence-electron chi connectivity index (χ3n) is 5.03. The molecule has 3 nitrogen and oxygen atoms in total. The van der Waals surface area contributed by atoms with Crippen molar-refractivity contribution in [3.05, 3.63) is 29.3 Å². The fourth-order valence-electron chi connectivity index (χ4n) is 3.12. The largest absolute Gasteiger partial charge is 0.332 e. The van der Waals surface area contributed by atoms with Crippen molar-refractivity contribution in [3.63, 3.8) is 0 Å². The van der Waals surface area contributed by atoms with Crippen LogP contribution in [-0.2, 0) is 4.79 Å². The van der Waals surface area contributed by atoms with E-state index in [9.17, 15) is 4.79 Å². The van der Waals surface area contributed by atoms with Gasteiger partial charge in [0.15, 0.2) is 5.11 Å². The van der Waals surface area contributed by atoms with Gasteiger partial charge in [0.05, 0.1) is 0 Å². The summed E-state index contributed by atoms with van der Waals surface area (Å²) in [6, 6.07) is 6.06. The van der Waals surface area contributed by atoms with Crippen molar-refractivity contribution in [2.24, 2.45) is 0 Å². The Bertz CT molecular complexity index is 571. The molecule has 4 heteroatoms. The van der Waals surface area contributed by atoms with Crippen LogP contribution in [0.4, 0.5) is 5.69 Å². The Morgan fingerprint density at radius 3 is 1.96 bits per heavy atom. The molecule has 0 bridgehead atoms. The second-order valence-corrected chi connectivity index (χ2v) is 8.00. The van der Waals surface area contributed by atoms with Crippen molar-refractivity contribution in [1.82, 2.24) is 5.32 Å². The van der Waals surface area contributed by atoms with Crippen LogP contribution in [0.25, 0.3) is 0 Å². The molecule has 0 aromatic heterocycles. The first-order valence-corrected chi connectivity index (χ1v) is 11.1. The van der Waals surface area contributed by atoms with Gasteiger partial charge in [0.2, 0.25) is 5.91 Å². The fourth-order valence-corrected chi connectivity index (χ4v) is 3.35. The van der Waals surface area contributed by atoms with Crippen molar-refractivity contribution in [2.75, 3.05) is 5.32 Å². The highest BCUT2D eigenvalue weighted by atomic mass is 32.1. The molecule has 0 atom stereocenters. The molecule has 1 aromatic carbocycles. The van der Waals surface area contributed by atoms with Crippen molar-refractivity contribution in [3.8, 4) is 0 Å². The number of rotatable bonds is 13.